The van der Waals surface area contributed by atoms with Crippen LogP contribution in [-0.2, 0) is 14.4 Å². The predicted octanol–water partition coefficient (Wildman–Crippen LogP) is -5.93. The van der Waals surface area contributed by atoms with Crippen molar-refractivity contribution in [2.75, 3.05) is 0 Å². The van der Waals surface area contributed by atoms with Gasteiger partial charge in [0.05, 0.1) is 12.0 Å². The molecular formula is C16H25K2NO5. The van der Waals surface area contributed by atoms with Gasteiger partial charge in [0.15, 0.2) is 0 Å². The second-order valence-electron chi connectivity index (χ2n) is 5.30. The monoisotopic (exact) mass is 389 g/mol. The molecule has 0 spiro atoms. The first kappa shape index (κ1) is 30.2. The molecular weight excluding hydrogens is 364 g/mol. The number of carboxylic acid groups (broad SMARTS) is 2. The standard InChI is InChI=1S/C16H27NO5.2K/c1-2-3-4-5-6-7-8-9-10-14(18)17-13(16(21)22)11-12-15(19)20;;/h2,13H,1,3-12H2,(H,17,18)(H,19,20)(H,21,22);;/q;2*+1/p-2/t13-;;/m0../s1. The van der Waals surface area contributed by atoms with Gasteiger partial charge in [0.1, 0.15) is 0 Å². The van der Waals surface area contributed by atoms with E-state index in [1.807, 2.05) is 6.08 Å². The van der Waals surface area contributed by atoms with Crippen molar-refractivity contribution >= 4 is 17.8 Å². The molecule has 0 aliphatic heterocycles. The number of aliphatic carboxylic acids is 2. The van der Waals surface area contributed by atoms with Gasteiger partial charge in [-0.15, -0.1) is 6.58 Å². The first-order chi connectivity index (χ1) is 10.5. The van der Waals surface area contributed by atoms with Crippen molar-refractivity contribution in [3.8, 4) is 0 Å². The zero-order valence-corrected chi connectivity index (χ0v) is 21.2. The molecule has 0 aromatic rings. The Labute approximate surface area is 229 Å². The van der Waals surface area contributed by atoms with Crippen LogP contribution in [0.15, 0.2) is 12.7 Å². The fraction of sp³-hybridized carbons (Fsp3) is 0.688. The molecule has 0 aliphatic carbocycles. The molecule has 0 bridgehead atoms. The van der Waals surface area contributed by atoms with Gasteiger partial charge in [-0.1, -0.05) is 31.8 Å². The van der Waals surface area contributed by atoms with Crippen LogP contribution in [-0.4, -0.2) is 23.9 Å². The Bertz CT molecular complexity index is 377. The molecule has 0 aromatic heterocycles. The first-order valence-electron chi connectivity index (χ1n) is 7.78. The van der Waals surface area contributed by atoms with Crippen LogP contribution in [0.2, 0.25) is 0 Å². The second kappa shape index (κ2) is 20.7. The molecule has 0 aromatic carbocycles. The van der Waals surface area contributed by atoms with Gasteiger partial charge in [0.2, 0.25) is 5.91 Å². The van der Waals surface area contributed by atoms with E-state index in [1.165, 1.54) is 0 Å². The number of carbonyl (C=O) groups is 3. The molecule has 1 amide bonds. The Morgan fingerprint density at radius 3 is 1.96 bits per heavy atom. The molecule has 0 rings (SSSR count). The van der Waals surface area contributed by atoms with Gasteiger partial charge in [0.25, 0.3) is 0 Å². The number of unbranched alkanes of at least 4 members (excludes halogenated alkanes) is 6. The fourth-order valence-corrected chi connectivity index (χ4v) is 2.06. The van der Waals surface area contributed by atoms with E-state index in [1.54, 1.807) is 0 Å². The van der Waals surface area contributed by atoms with Crippen molar-refractivity contribution in [3.63, 3.8) is 0 Å². The maximum atomic E-state index is 11.6. The molecule has 24 heavy (non-hydrogen) atoms. The summed E-state index contributed by atoms with van der Waals surface area (Å²) in [4.78, 5) is 32.7. The predicted molar refractivity (Wildman–Crippen MR) is 78.3 cm³/mol. The Morgan fingerprint density at radius 2 is 1.46 bits per heavy atom. The largest absolute Gasteiger partial charge is 1.00 e. The zero-order valence-electron chi connectivity index (χ0n) is 15.0. The number of carbonyl (C=O) groups excluding carboxylic acids is 3. The number of hydrogen-bond acceptors (Lipinski definition) is 5. The van der Waals surface area contributed by atoms with Crippen molar-refractivity contribution in [1.29, 1.82) is 0 Å². The fourth-order valence-electron chi connectivity index (χ4n) is 2.06. The van der Waals surface area contributed by atoms with Crippen LogP contribution in [0.25, 0.3) is 0 Å². The molecule has 0 saturated carbocycles. The van der Waals surface area contributed by atoms with Gasteiger partial charge in [0, 0.05) is 12.4 Å². The van der Waals surface area contributed by atoms with Crippen LogP contribution < -0.4 is 118 Å². The van der Waals surface area contributed by atoms with Crippen LogP contribution in [0, 0.1) is 0 Å². The van der Waals surface area contributed by atoms with Gasteiger partial charge in [-0.3, -0.25) is 4.79 Å². The van der Waals surface area contributed by atoms with Crippen molar-refractivity contribution < 1.29 is 127 Å². The number of carboxylic acids is 2. The summed E-state index contributed by atoms with van der Waals surface area (Å²) in [6.07, 6.45) is 8.55. The maximum absolute atomic E-state index is 11.6. The quantitative estimate of drug-likeness (QED) is 0.181. The average Bonchev–Trinajstić information content (AvgIpc) is 2.45. The Hall–Kier alpha value is 1.42. The van der Waals surface area contributed by atoms with Crippen LogP contribution >= 0.6 is 0 Å². The molecule has 0 radical (unpaired) electrons. The van der Waals surface area contributed by atoms with E-state index in [4.69, 9.17) is 0 Å². The number of hydrogen-bond donors (Lipinski definition) is 1. The van der Waals surface area contributed by atoms with Crippen LogP contribution in [0.5, 0.6) is 0 Å². The van der Waals surface area contributed by atoms with E-state index < -0.39 is 24.4 Å². The van der Waals surface area contributed by atoms with Crippen LogP contribution in [0.1, 0.15) is 64.2 Å². The summed E-state index contributed by atoms with van der Waals surface area (Å²) in [5.41, 5.74) is 0. The maximum Gasteiger partial charge on any atom is 1.00 e. The molecule has 0 unspecified atom stereocenters. The minimum absolute atomic E-state index is 0. The SMILES string of the molecule is C=CCCCCCCCCC(=O)N[C@@H](CCC(=O)[O-])C(=O)[O-].[K+].[K+]. The summed E-state index contributed by atoms with van der Waals surface area (Å²) in [5, 5.41) is 23.4. The molecule has 126 valence electrons. The third-order valence-electron chi connectivity index (χ3n) is 3.32. The van der Waals surface area contributed by atoms with Crippen molar-refractivity contribution in [2.45, 2.75) is 70.3 Å². The minimum atomic E-state index is -1.48. The summed E-state index contributed by atoms with van der Waals surface area (Å²) in [6, 6.07) is -1.27. The minimum Gasteiger partial charge on any atom is -0.550 e. The topological polar surface area (TPSA) is 109 Å². The van der Waals surface area contributed by atoms with Gasteiger partial charge in [-0.2, -0.15) is 0 Å². The average molecular weight is 390 g/mol. The van der Waals surface area contributed by atoms with Crippen molar-refractivity contribution in [1.82, 2.24) is 5.32 Å². The van der Waals surface area contributed by atoms with E-state index in [-0.39, 0.29) is 122 Å². The zero-order chi connectivity index (χ0) is 16.8. The van der Waals surface area contributed by atoms with E-state index in [0.29, 0.717) is 6.42 Å². The normalized spacial score (nSPS) is 10.7. The summed E-state index contributed by atoms with van der Waals surface area (Å²) >= 11 is 0. The number of amides is 1. The van der Waals surface area contributed by atoms with E-state index in [2.05, 4.69) is 11.9 Å². The van der Waals surface area contributed by atoms with Crippen LogP contribution in [0.4, 0.5) is 0 Å². The van der Waals surface area contributed by atoms with Gasteiger partial charge in [-0.25, -0.2) is 0 Å². The van der Waals surface area contributed by atoms with Gasteiger partial charge < -0.3 is 25.1 Å². The molecule has 0 fully saturated rings. The smallest absolute Gasteiger partial charge is 0.550 e. The molecule has 8 heteroatoms. The molecule has 0 saturated heterocycles. The summed E-state index contributed by atoms with van der Waals surface area (Å²) in [6.45, 7) is 3.66. The summed E-state index contributed by atoms with van der Waals surface area (Å²) < 4.78 is 0. The molecule has 1 N–H and O–H groups in total. The summed E-state index contributed by atoms with van der Waals surface area (Å²) in [7, 11) is 0. The van der Waals surface area contributed by atoms with Gasteiger partial charge >= 0.3 is 103 Å². The first-order valence-corrected chi connectivity index (χ1v) is 7.78. The third-order valence-corrected chi connectivity index (χ3v) is 3.32. The number of rotatable bonds is 14. The van der Waals surface area contributed by atoms with Crippen molar-refractivity contribution in [2.24, 2.45) is 0 Å². The third kappa shape index (κ3) is 19.7. The van der Waals surface area contributed by atoms with Gasteiger partial charge in [-0.05, 0) is 32.1 Å². The Balaban J connectivity index is -0.00000220. The summed E-state index contributed by atoms with van der Waals surface area (Å²) in [5.74, 6) is -3.21. The number of allylic oxidation sites excluding steroid dienone is 1. The van der Waals surface area contributed by atoms with E-state index >= 15 is 0 Å². The van der Waals surface area contributed by atoms with Crippen molar-refractivity contribution in [3.05, 3.63) is 12.7 Å². The Kier molecular flexibility index (Phi) is 26.1. The number of nitrogens with one attached hydrogen (secondary N) is 1. The van der Waals surface area contributed by atoms with E-state index in [0.717, 1.165) is 38.5 Å². The van der Waals surface area contributed by atoms with E-state index in [9.17, 15) is 24.6 Å². The molecule has 0 aliphatic rings. The molecule has 6 nitrogen and oxygen atoms in total. The molecule has 0 heterocycles. The Morgan fingerprint density at radius 1 is 0.917 bits per heavy atom. The van der Waals surface area contributed by atoms with Crippen LogP contribution in [0.3, 0.4) is 0 Å². The molecule has 1 atom stereocenters. The second-order valence-corrected chi connectivity index (χ2v) is 5.30.